The van der Waals surface area contributed by atoms with E-state index in [1.807, 2.05) is 36.4 Å². The molecule has 7 heteroatoms. The van der Waals surface area contributed by atoms with Crippen LogP contribution in [0.15, 0.2) is 47.3 Å². The molecule has 1 amide bonds. The van der Waals surface area contributed by atoms with E-state index in [0.717, 1.165) is 48.5 Å². The summed E-state index contributed by atoms with van der Waals surface area (Å²) in [6.07, 6.45) is 0. The van der Waals surface area contributed by atoms with Gasteiger partial charge >= 0.3 is 0 Å². The van der Waals surface area contributed by atoms with E-state index in [4.69, 9.17) is 0 Å². The molecular formula is C21H23N5O2. The van der Waals surface area contributed by atoms with Crippen LogP contribution in [0.4, 0.5) is 11.4 Å². The number of fused-ring (bicyclic) bond motifs is 1. The number of carbonyl (C=O) groups excluding carboxylic acids is 1. The lowest BCUT2D eigenvalue weighted by Gasteiger charge is -2.35. The minimum Gasteiger partial charge on any atom is -0.367 e. The number of likely N-dealkylation sites (N-methyl/N-ethyl adjacent to an activating group) is 1. The van der Waals surface area contributed by atoms with Gasteiger partial charge in [0, 0.05) is 44.1 Å². The molecule has 0 atom stereocenters. The molecule has 0 radical (unpaired) electrons. The van der Waals surface area contributed by atoms with E-state index in [2.05, 4.69) is 32.4 Å². The number of aromatic amines is 1. The highest BCUT2D eigenvalue weighted by molar-refractivity contribution is 5.97. The number of benzene rings is 2. The van der Waals surface area contributed by atoms with Crippen molar-refractivity contribution in [3.05, 3.63) is 52.8 Å². The molecule has 0 bridgehead atoms. The smallest absolute Gasteiger partial charge is 0.272 e. The number of nitrogens with one attached hydrogen (secondary N) is 2. The summed E-state index contributed by atoms with van der Waals surface area (Å²) < 4.78 is 0. The van der Waals surface area contributed by atoms with Gasteiger partial charge in [0.25, 0.3) is 5.56 Å². The Balaban J connectivity index is 1.80. The van der Waals surface area contributed by atoms with Crippen LogP contribution in [0.5, 0.6) is 0 Å². The van der Waals surface area contributed by atoms with Crippen molar-refractivity contribution in [3.8, 4) is 11.3 Å². The van der Waals surface area contributed by atoms with E-state index in [9.17, 15) is 9.59 Å². The Hall–Kier alpha value is -3.19. The Morgan fingerprint density at radius 1 is 1.07 bits per heavy atom. The van der Waals surface area contributed by atoms with Gasteiger partial charge in [-0.1, -0.05) is 24.3 Å². The van der Waals surface area contributed by atoms with Gasteiger partial charge in [-0.25, -0.2) is 5.10 Å². The van der Waals surface area contributed by atoms with Crippen LogP contribution in [-0.2, 0) is 4.79 Å². The van der Waals surface area contributed by atoms with Gasteiger partial charge in [0.05, 0.1) is 22.5 Å². The molecule has 0 unspecified atom stereocenters. The number of carbonyl (C=O) groups is 1. The van der Waals surface area contributed by atoms with Gasteiger partial charge in [-0.2, -0.15) is 5.10 Å². The third kappa shape index (κ3) is 3.48. The van der Waals surface area contributed by atoms with Gasteiger partial charge in [0.2, 0.25) is 5.91 Å². The van der Waals surface area contributed by atoms with Gasteiger partial charge in [0.1, 0.15) is 0 Å². The predicted octanol–water partition coefficient (Wildman–Crippen LogP) is 2.30. The molecule has 0 spiro atoms. The minimum atomic E-state index is -0.213. The van der Waals surface area contributed by atoms with Crippen LogP contribution in [0, 0.1) is 0 Å². The first-order valence-electron chi connectivity index (χ1n) is 9.36. The van der Waals surface area contributed by atoms with Crippen molar-refractivity contribution in [2.45, 2.75) is 6.92 Å². The molecule has 7 nitrogen and oxygen atoms in total. The van der Waals surface area contributed by atoms with Crippen molar-refractivity contribution in [2.24, 2.45) is 0 Å². The Morgan fingerprint density at radius 3 is 2.50 bits per heavy atom. The zero-order valence-corrected chi connectivity index (χ0v) is 16.0. The fraction of sp³-hybridized carbons (Fsp3) is 0.286. The number of anilines is 2. The summed E-state index contributed by atoms with van der Waals surface area (Å²) in [5.41, 5.74) is 3.07. The number of aromatic nitrogens is 2. The standard InChI is InChI=1S/C21H23N5O2/c1-14(27)22-18-13-15(7-8-19(18)26-11-9-25(2)10-12-26)20-16-5-3-4-6-17(16)21(28)24-23-20/h3-8,13H,9-12H2,1-2H3,(H,22,27)(H,24,28). The molecule has 1 aromatic heterocycles. The molecule has 144 valence electrons. The second-order valence-electron chi connectivity index (χ2n) is 7.15. The Kier molecular flexibility index (Phi) is 4.83. The van der Waals surface area contributed by atoms with Crippen molar-refractivity contribution in [2.75, 3.05) is 43.4 Å². The normalized spacial score (nSPS) is 15.0. The summed E-state index contributed by atoms with van der Waals surface area (Å²) >= 11 is 0. The van der Waals surface area contributed by atoms with Crippen LogP contribution in [-0.4, -0.2) is 54.2 Å². The highest BCUT2D eigenvalue weighted by Crippen LogP contribution is 2.33. The second-order valence-corrected chi connectivity index (χ2v) is 7.15. The van der Waals surface area contributed by atoms with Gasteiger partial charge in [-0.05, 0) is 25.2 Å². The first-order valence-corrected chi connectivity index (χ1v) is 9.36. The van der Waals surface area contributed by atoms with E-state index in [1.165, 1.54) is 6.92 Å². The quantitative estimate of drug-likeness (QED) is 0.732. The van der Waals surface area contributed by atoms with Crippen LogP contribution in [0.1, 0.15) is 6.92 Å². The largest absolute Gasteiger partial charge is 0.367 e. The molecule has 1 aliphatic rings. The summed E-state index contributed by atoms with van der Waals surface area (Å²) in [5, 5.41) is 11.2. The molecule has 2 heterocycles. The summed E-state index contributed by atoms with van der Waals surface area (Å²) in [6, 6.07) is 13.3. The first-order chi connectivity index (χ1) is 13.5. The van der Waals surface area contributed by atoms with E-state index < -0.39 is 0 Å². The molecule has 1 saturated heterocycles. The predicted molar refractivity (Wildman–Crippen MR) is 112 cm³/mol. The van der Waals surface area contributed by atoms with Crippen molar-refractivity contribution in [1.29, 1.82) is 0 Å². The summed E-state index contributed by atoms with van der Waals surface area (Å²) in [7, 11) is 2.11. The number of amides is 1. The van der Waals surface area contributed by atoms with Gasteiger partial charge in [-0.3, -0.25) is 9.59 Å². The van der Waals surface area contributed by atoms with Crippen molar-refractivity contribution >= 4 is 28.1 Å². The molecule has 0 saturated carbocycles. The number of piperazine rings is 1. The average molecular weight is 377 g/mol. The summed E-state index contributed by atoms with van der Waals surface area (Å²) in [4.78, 5) is 28.5. The van der Waals surface area contributed by atoms with E-state index in [1.54, 1.807) is 6.07 Å². The first kappa shape index (κ1) is 18.2. The van der Waals surface area contributed by atoms with Crippen LogP contribution in [0.25, 0.3) is 22.0 Å². The monoisotopic (exact) mass is 377 g/mol. The maximum absolute atomic E-state index is 12.1. The fourth-order valence-electron chi connectivity index (χ4n) is 3.63. The molecule has 2 aromatic carbocycles. The van der Waals surface area contributed by atoms with Crippen LogP contribution in [0.2, 0.25) is 0 Å². The molecule has 1 fully saturated rings. The minimum absolute atomic E-state index is 0.119. The number of rotatable bonds is 3. The number of hydrogen-bond acceptors (Lipinski definition) is 5. The molecule has 2 N–H and O–H groups in total. The highest BCUT2D eigenvalue weighted by Gasteiger charge is 2.19. The van der Waals surface area contributed by atoms with E-state index >= 15 is 0 Å². The molecule has 3 aromatic rings. The molecular weight excluding hydrogens is 354 g/mol. The SMILES string of the molecule is CC(=O)Nc1cc(-c2n[nH]c(=O)c3ccccc23)ccc1N1CCN(C)CC1. The van der Waals surface area contributed by atoms with E-state index in [-0.39, 0.29) is 11.5 Å². The van der Waals surface area contributed by atoms with Crippen LogP contribution < -0.4 is 15.8 Å². The highest BCUT2D eigenvalue weighted by atomic mass is 16.1. The van der Waals surface area contributed by atoms with Crippen LogP contribution in [0.3, 0.4) is 0 Å². The van der Waals surface area contributed by atoms with Crippen LogP contribution >= 0.6 is 0 Å². The lowest BCUT2D eigenvalue weighted by atomic mass is 10.0. The number of hydrogen-bond donors (Lipinski definition) is 2. The third-order valence-electron chi connectivity index (χ3n) is 5.12. The zero-order chi connectivity index (χ0) is 19.7. The van der Waals surface area contributed by atoms with Gasteiger partial charge < -0.3 is 15.1 Å². The zero-order valence-electron chi connectivity index (χ0n) is 16.0. The summed E-state index contributed by atoms with van der Waals surface area (Å²) in [5.74, 6) is -0.119. The Morgan fingerprint density at radius 2 is 1.79 bits per heavy atom. The maximum atomic E-state index is 12.1. The van der Waals surface area contributed by atoms with Crippen molar-refractivity contribution in [3.63, 3.8) is 0 Å². The van der Waals surface area contributed by atoms with Crippen molar-refractivity contribution < 1.29 is 4.79 Å². The molecule has 4 rings (SSSR count). The number of nitrogens with zero attached hydrogens (tertiary/aromatic N) is 3. The topological polar surface area (TPSA) is 81.3 Å². The number of H-pyrrole nitrogens is 1. The van der Waals surface area contributed by atoms with Crippen molar-refractivity contribution in [1.82, 2.24) is 15.1 Å². The Bertz CT molecular complexity index is 1080. The fourth-order valence-corrected chi connectivity index (χ4v) is 3.63. The Labute approximate surface area is 163 Å². The molecule has 28 heavy (non-hydrogen) atoms. The second kappa shape index (κ2) is 7.44. The molecule has 0 aliphatic carbocycles. The lowest BCUT2D eigenvalue weighted by Crippen LogP contribution is -2.44. The average Bonchev–Trinajstić information content (AvgIpc) is 2.69. The van der Waals surface area contributed by atoms with Gasteiger partial charge in [-0.15, -0.1) is 0 Å². The van der Waals surface area contributed by atoms with Gasteiger partial charge in [0.15, 0.2) is 0 Å². The third-order valence-corrected chi connectivity index (χ3v) is 5.12. The molecule has 1 aliphatic heterocycles. The summed E-state index contributed by atoms with van der Waals surface area (Å²) in [6.45, 7) is 5.28. The maximum Gasteiger partial charge on any atom is 0.272 e. The van der Waals surface area contributed by atoms with E-state index in [0.29, 0.717) is 11.1 Å². The lowest BCUT2D eigenvalue weighted by molar-refractivity contribution is -0.114.